The van der Waals surface area contributed by atoms with Crippen molar-refractivity contribution in [2.45, 2.75) is 117 Å². The van der Waals surface area contributed by atoms with E-state index in [-0.39, 0.29) is 0 Å². The third-order valence-corrected chi connectivity index (χ3v) is 13.2. The van der Waals surface area contributed by atoms with Crippen LogP contribution >= 0.6 is 0 Å². The molecule has 1 aliphatic rings. The number of aryl methyl sites for hydroxylation is 10. The van der Waals surface area contributed by atoms with Gasteiger partial charge < -0.3 is 0 Å². The smallest absolute Gasteiger partial charge is 0.00114 e. The zero-order valence-corrected chi connectivity index (χ0v) is 30.7. The summed E-state index contributed by atoms with van der Waals surface area (Å²) in [5.41, 5.74) is 29.2. The van der Waals surface area contributed by atoms with E-state index in [1.54, 1.807) is 0 Å². The first kappa shape index (κ1) is 30.0. The van der Waals surface area contributed by atoms with E-state index in [1.807, 2.05) is 0 Å². The monoisotopic (exact) mass is 590 g/mol. The third-order valence-electron chi connectivity index (χ3n) is 13.2. The highest BCUT2D eigenvalue weighted by atomic mass is 14.4. The average molecular weight is 591 g/mol. The highest BCUT2D eigenvalue weighted by Gasteiger charge is 2.35. The molecule has 0 atom stereocenters. The molecule has 6 aromatic rings. The summed E-state index contributed by atoms with van der Waals surface area (Å²) in [6.45, 7) is 38.0. The Morgan fingerprint density at radius 1 is 0.222 bits per heavy atom. The molecular weight excluding hydrogens is 540 g/mol. The Morgan fingerprint density at radius 2 is 0.511 bits per heavy atom. The molecule has 7 rings (SSSR count). The van der Waals surface area contributed by atoms with Gasteiger partial charge in [0.15, 0.2) is 0 Å². The van der Waals surface area contributed by atoms with Gasteiger partial charge in [0.1, 0.15) is 0 Å². The van der Waals surface area contributed by atoms with Gasteiger partial charge in [0.2, 0.25) is 0 Å². The predicted octanol–water partition coefficient (Wildman–Crippen LogP) is 13.1. The normalized spacial score (nSPS) is 12.5. The van der Waals surface area contributed by atoms with Crippen LogP contribution in [-0.4, -0.2) is 0 Å². The van der Waals surface area contributed by atoms with Crippen molar-refractivity contribution < 1.29 is 0 Å². The van der Waals surface area contributed by atoms with Crippen molar-refractivity contribution in [2.24, 2.45) is 0 Å². The minimum absolute atomic E-state index is 1.06. The summed E-state index contributed by atoms with van der Waals surface area (Å²) >= 11 is 0. The van der Waals surface area contributed by atoms with Gasteiger partial charge in [-0.3, -0.25) is 0 Å². The van der Waals surface area contributed by atoms with Gasteiger partial charge in [0.05, 0.1) is 0 Å². The molecule has 0 saturated heterocycles. The largest absolute Gasteiger partial charge is 0.0613 e. The topological polar surface area (TPSA) is 0 Å². The maximum Gasteiger partial charge on any atom is -0.00114 e. The van der Waals surface area contributed by atoms with Gasteiger partial charge in [-0.2, -0.15) is 0 Å². The lowest BCUT2D eigenvalue weighted by Crippen LogP contribution is -2.03. The fourth-order valence-corrected chi connectivity index (χ4v) is 10.1. The summed E-state index contributed by atoms with van der Waals surface area (Å²) in [5.74, 6) is 0. The quantitative estimate of drug-likeness (QED) is 0.167. The Bertz CT molecular complexity index is 2420. The van der Waals surface area contributed by atoms with Crippen molar-refractivity contribution in [2.75, 3.05) is 0 Å². The SMILES string of the molecule is CCc1c(C)c(C)c2c(C)c(C)c3c4c(C)c(C)c(C)c5c4c(c(C)c3c2c1C)-c1c-5c(C)c2c(C)c(C)c(C)c(C)c2c1C. The zero-order valence-electron chi connectivity index (χ0n) is 30.7. The summed E-state index contributed by atoms with van der Waals surface area (Å²) in [4.78, 5) is 0. The zero-order chi connectivity index (χ0) is 32.9. The number of rotatable bonds is 1. The lowest BCUT2D eigenvalue weighted by molar-refractivity contribution is 1.08. The van der Waals surface area contributed by atoms with Gasteiger partial charge >= 0.3 is 0 Å². The summed E-state index contributed by atoms with van der Waals surface area (Å²) < 4.78 is 0. The van der Waals surface area contributed by atoms with Gasteiger partial charge in [0.25, 0.3) is 0 Å². The molecule has 0 spiro atoms. The molecule has 0 aliphatic heterocycles. The van der Waals surface area contributed by atoms with Crippen LogP contribution in [0.25, 0.3) is 65.3 Å². The van der Waals surface area contributed by atoms with Crippen LogP contribution in [0.5, 0.6) is 0 Å². The van der Waals surface area contributed by atoms with E-state index in [9.17, 15) is 0 Å². The Morgan fingerprint density at radius 3 is 1.02 bits per heavy atom. The van der Waals surface area contributed by atoms with Crippen LogP contribution < -0.4 is 0 Å². The second-order valence-corrected chi connectivity index (χ2v) is 14.7. The van der Waals surface area contributed by atoms with Crippen molar-refractivity contribution in [1.29, 1.82) is 0 Å². The summed E-state index contributed by atoms with van der Waals surface area (Å²) in [7, 11) is 0. The van der Waals surface area contributed by atoms with Gasteiger partial charge in [-0.05, 0) is 265 Å². The van der Waals surface area contributed by atoms with Crippen LogP contribution in [0, 0.1) is 104 Å². The molecular formula is C45H50. The minimum Gasteiger partial charge on any atom is -0.0613 e. The standard InChI is InChI=1S/C45H50/c1-17-33-21(5)26(10)34-27(11)28(12)37-38-24(8)20(4)25(9)39-41-30(14)35-22(6)18(2)19(3)23(7)36(35)31(15)42(41)44(45(38)39)32(16)43(37)40(34)29(33)13/h17H2,1-16H3. The maximum atomic E-state index is 2.45. The first-order valence-corrected chi connectivity index (χ1v) is 17.1. The van der Waals surface area contributed by atoms with Gasteiger partial charge in [-0.15, -0.1) is 0 Å². The predicted molar refractivity (Wildman–Crippen MR) is 201 cm³/mol. The van der Waals surface area contributed by atoms with Crippen molar-refractivity contribution in [1.82, 2.24) is 0 Å². The maximum absolute atomic E-state index is 2.45. The highest BCUT2D eigenvalue weighted by Crippen LogP contribution is 2.59. The molecule has 6 aromatic carbocycles. The van der Waals surface area contributed by atoms with E-state index in [0.717, 1.165) is 6.42 Å². The Balaban J connectivity index is 1.90. The van der Waals surface area contributed by atoms with Gasteiger partial charge in [-0.1, -0.05) is 6.92 Å². The van der Waals surface area contributed by atoms with Crippen LogP contribution in [0.15, 0.2) is 0 Å². The summed E-state index contributed by atoms with van der Waals surface area (Å²) in [6.07, 6.45) is 1.06. The van der Waals surface area contributed by atoms with Crippen molar-refractivity contribution in [3.8, 4) is 22.3 Å². The lowest BCUT2D eigenvalue weighted by Gasteiger charge is -2.25. The minimum atomic E-state index is 1.06. The number of hydrogen-bond acceptors (Lipinski definition) is 0. The van der Waals surface area contributed by atoms with Crippen LogP contribution in [0.3, 0.4) is 0 Å². The first-order chi connectivity index (χ1) is 21.1. The van der Waals surface area contributed by atoms with E-state index >= 15 is 0 Å². The molecule has 230 valence electrons. The molecule has 0 fully saturated rings. The molecule has 0 aromatic heterocycles. The highest BCUT2D eigenvalue weighted by molar-refractivity contribution is 6.33. The number of fused-ring (bicyclic) bond motifs is 8. The molecule has 0 nitrogen and oxygen atoms in total. The van der Waals surface area contributed by atoms with Crippen LogP contribution in [0.1, 0.15) is 95.9 Å². The van der Waals surface area contributed by atoms with Gasteiger partial charge in [-0.25, -0.2) is 0 Å². The van der Waals surface area contributed by atoms with E-state index in [2.05, 4.69) is 111 Å². The lowest BCUT2D eigenvalue weighted by atomic mass is 9.78. The van der Waals surface area contributed by atoms with E-state index in [4.69, 9.17) is 0 Å². The molecule has 45 heavy (non-hydrogen) atoms. The molecule has 0 N–H and O–H groups in total. The number of benzene rings is 6. The van der Waals surface area contributed by atoms with E-state index < -0.39 is 0 Å². The first-order valence-electron chi connectivity index (χ1n) is 17.1. The van der Waals surface area contributed by atoms with Crippen molar-refractivity contribution >= 4 is 43.1 Å². The van der Waals surface area contributed by atoms with Crippen LogP contribution in [0.2, 0.25) is 0 Å². The molecule has 0 radical (unpaired) electrons. The second-order valence-electron chi connectivity index (χ2n) is 14.7. The van der Waals surface area contributed by atoms with Crippen molar-refractivity contribution in [3.05, 3.63) is 89.0 Å². The summed E-state index contributed by atoms with van der Waals surface area (Å²) in [6, 6.07) is 0. The molecule has 0 amide bonds. The average Bonchev–Trinajstić information content (AvgIpc) is 3.37. The molecule has 0 bridgehead atoms. The fraction of sp³-hybridized carbons (Fsp3) is 0.378. The van der Waals surface area contributed by atoms with Gasteiger partial charge in [0, 0.05) is 0 Å². The van der Waals surface area contributed by atoms with Crippen LogP contribution in [0.4, 0.5) is 0 Å². The van der Waals surface area contributed by atoms with Crippen LogP contribution in [-0.2, 0) is 6.42 Å². The fourth-order valence-electron chi connectivity index (χ4n) is 10.1. The Labute approximate surface area is 270 Å². The summed E-state index contributed by atoms with van der Waals surface area (Å²) in [5, 5.41) is 11.9. The second kappa shape index (κ2) is 9.45. The Hall–Kier alpha value is -3.64. The molecule has 0 unspecified atom stereocenters. The molecule has 0 saturated carbocycles. The third kappa shape index (κ3) is 3.29. The molecule has 0 heteroatoms. The van der Waals surface area contributed by atoms with Crippen molar-refractivity contribution in [3.63, 3.8) is 0 Å². The number of hydrogen-bond donors (Lipinski definition) is 0. The van der Waals surface area contributed by atoms with E-state index in [0.29, 0.717) is 0 Å². The van der Waals surface area contributed by atoms with E-state index in [1.165, 1.54) is 154 Å². The molecule has 0 heterocycles. The Kier molecular flexibility index (Phi) is 6.31. The molecule has 1 aliphatic carbocycles.